The van der Waals surface area contributed by atoms with E-state index < -0.39 is 33.2 Å². The zero-order valence-electron chi connectivity index (χ0n) is 13.2. The molecule has 0 saturated heterocycles. The van der Waals surface area contributed by atoms with Crippen molar-refractivity contribution in [1.82, 2.24) is 0 Å². The Bertz CT molecular complexity index is 306. The second-order valence-corrected chi connectivity index (χ2v) is 6.92. The minimum Gasteiger partial charge on any atom is -0.394 e. The van der Waals surface area contributed by atoms with Crippen LogP contribution in [0.5, 0.6) is 0 Å². The minimum absolute atomic E-state index is 0.0759. The van der Waals surface area contributed by atoms with Gasteiger partial charge in [-0.3, -0.25) is 9.05 Å². The summed E-state index contributed by atoms with van der Waals surface area (Å²) in [4.78, 5) is 9.17. The van der Waals surface area contributed by atoms with Gasteiger partial charge in [0.1, 0.15) is 25.4 Å². The number of quaternary nitrogens is 1. The number of likely N-dealkylation sites (N-methyl/N-ethyl adjacent to an activating group) is 1. The van der Waals surface area contributed by atoms with E-state index in [1.807, 2.05) is 21.1 Å². The van der Waals surface area contributed by atoms with E-state index in [0.29, 0.717) is 11.0 Å². The average Bonchev–Trinajstić information content (AvgIpc) is 2.42. The quantitative estimate of drug-likeness (QED) is 0.185. The Kier molecular flexibility index (Phi) is 13.5. The molecule has 0 spiro atoms. The molecule has 0 heterocycles. The fourth-order valence-corrected chi connectivity index (χ4v) is 1.51. The summed E-state index contributed by atoms with van der Waals surface area (Å²) in [7, 11) is 1.63. The van der Waals surface area contributed by atoms with E-state index in [2.05, 4.69) is 9.05 Å². The number of aliphatic hydroxyl groups is 5. The van der Waals surface area contributed by atoms with E-state index in [1.165, 1.54) is 0 Å². The van der Waals surface area contributed by atoms with Gasteiger partial charge < -0.3 is 34.9 Å². The predicted molar refractivity (Wildman–Crippen MR) is 77.9 cm³/mol. The molecule has 0 bridgehead atoms. The van der Waals surface area contributed by atoms with Crippen LogP contribution in [0.15, 0.2) is 0 Å². The Morgan fingerprint density at radius 2 is 1.41 bits per heavy atom. The molecule has 0 aromatic rings. The SMILES string of the molecule is C[N+](C)(C)CCOP(=O)(O)OC[C@H](O)CO.OCC(O)CO. The van der Waals surface area contributed by atoms with Gasteiger partial charge in [-0.2, -0.15) is 0 Å². The molecule has 6 N–H and O–H groups in total. The third kappa shape index (κ3) is 17.9. The van der Waals surface area contributed by atoms with Crippen molar-refractivity contribution >= 4 is 7.82 Å². The number of rotatable bonds is 10. The largest absolute Gasteiger partial charge is 0.472 e. The summed E-state index contributed by atoms with van der Waals surface area (Å²) in [5.74, 6) is 0. The number of nitrogens with zero attached hydrogens (tertiary/aromatic N) is 1. The molecular formula is C11H29NO9P+. The van der Waals surface area contributed by atoms with E-state index >= 15 is 0 Å². The molecule has 0 amide bonds. The number of aliphatic hydroxyl groups excluding tert-OH is 5. The van der Waals surface area contributed by atoms with Gasteiger partial charge in [-0.25, -0.2) is 4.57 Å². The molecule has 136 valence electrons. The molecule has 22 heavy (non-hydrogen) atoms. The summed E-state index contributed by atoms with van der Waals surface area (Å²) < 4.78 is 21.0. The Balaban J connectivity index is 0. The monoisotopic (exact) mass is 350 g/mol. The Hall–Kier alpha value is -0.130. The van der Waals surface area contributed by atoms with Crippen molar-refractivity contribution in [3.05, 3.63) is 0 Å². The Labute approximate surface area is 130 Å². The van der Waals surface area contributed by atoms with Gasteiger partial charge in [0.15, 0.2) is 0 Å². The highest BCUT2D eigenvalue weighted by Gasteiger charge is 2.23. The van der Waals surface area contributed by atoms with Crippen LogP contribution < -0.4 is 0 Å². The molecule has 0 rings (SSSR count). The van der Waals surface area contributed by atoms with Crippen LogP contribution in [0.4, 0.5) is 0 Å². The molecule has 0 fully saturated rings. The van der Waals surface area contributed by atoms with E-state index in [4.69, 9.17) is 30.4 Å². The third-order valence-electron chi connectivity index (χ3n) is 2.08. The highest BCUT2D eigenvalue weighted by Crippen LogP contribution is 2.42. The first-order valence-corrected chi connectivity index (χ1v) is 8.08. The van der Waals surface area contributed by atoms with Crippen LogP contribution in [0.1, 0.15) is 0 Å². The first-order chi connectivity index (χ1) is 9.97. The Morgan fingerprint density at radius 3 is 1.73 bits per heavy atom. The smallest absolute Gasteiger partial charge is 0.394 e. The summed E-state index contributed by atoms with van der Waals surface area (Å²) in [6, 6.07) is 0. The summed E-state index contributed by atoms with van der Waals surface area (Å²) in [6.07, 6.45) is -2.13. The lowest BCUT2D eigenvalue weighted by Crippen LogP contribution is -2.37. The van der Waals surface area contributed by atoms with Crippen molar-refractivity contribution in [2.75, 3.05) is 60.7 Å². The highest BCUT2D eigenvalue weighted by molar-refractivity contribution is 7.47. The minimum atomic E-state index is -4.13. The summed E-state index contributed by atoms with van der Waals surface area (Å²) in [5, 5.41) is 41.4. The fourth-order valence-electron chi connectivity index (χ4n) is 0.758. The van der Waals surface area contributed by atoms with Crippen molar-refractivity contribution in [3.63, 3.8) is 0 Å². The van der Waals surface area contributed by atoms with Gasteiger partial charge in [-0.15, -0.1) is 0 Å². The van der Waals surface area contributed by atoms with Gasteiger partial charge in [0, 0.05) is 0 Å². The van der Waals surface area contributed by atoms with Gasteiger partial charge >= 0.3 is 7.82 Å². The number of phosphoric acid groups is 1. The predicted octanol–water partition coefficient (Wildman–Crippen LogP) is -2.49. The second kappa shape index (κ2) is 12.3. The van der Waals surface area contributed by atoms with Gasteiger partial charge in [0.2, 0.25) is 0 Å². The molecule has 0 aliphatic heterocycles. The summed E-state index contributed by atoms with van der Waals surface area (Å²) in [6.45, 7) is -1.07. The second-order valence-electron chi connectivity index (χ2n) is 5.47. The van der Waals surface area contributed by atoms with Crippen molar-refractivity contribution in [3.8, 4) is 0 Å². The Morgan fingerprint density at radius 1 is 0.955 bits per heavy atom. The average molecular weight is 350 g/mol. The molecular weight excluding hydrogens is 321 g/mol. The number of hydrogen-bond donors (Lipinski definition) is 6. The fraction of sp³-hybridized carbons (Fsp3) is 1.00. The van der Waals surface area contributed by atoms with Crippen LogP contribution in [0.25, 0.3) is 0 Å². The van der Waals surface area contributed by atoms with Crippen LogP contribution >= 0.6 is 7.82 Å². The molecule has 0 saturated carbocycles. The molecule has 11 heteroatoms. The first kappa shape index (κ1) is 24.1. The maximum absolute atomic E-state index is 11.2. The number of hydrogen-bond acceptors (Lipinski definition) is 8. The molecule has 0 aromatic heterocycles. The van der Waals surface area contributed by atoms with Crippen LogP contribution in [-0.4, -0.2) is 108 Å². The lowest BCUT2D eigenvalue weighted by atomic mass is 10.4. The van der Waals surface area contributed by atoms with E-state index in [1.54, 1.807) is 0 Å². The summed E-state index contributed by atoms with van der Waals surface area (Å²) in [5.41, 5.74) is 0. The lowest BCUT2D eigenvalue weighted by Gasteiger charge is -2.24. The normalized spacial score (nSPS) is 15.9. The maximum Gasteiger partial charge on any atom is 0.472 e. The zero-order chi connectivity index (χ0) is 17.8. The topological polar surface area (TPSA) is 157 Å². The van der Waals surface area contributed by atoms with E-state index in [0.717, 1.165) is 0 Å². The lowest BCUT2D eigenvalue weighted by molar-refractivity contribution is -0.870. The standard InChI is InChI=1S/C8H20NO6P.C3H8O3/c1-9(2,3)4-5-14-16(12,13)15-7-8(11)6-10;4-1-3(6)2-5/h8,10-11H,4-7H2,1-3H3;3-6H,1-2H2/p+1/t8-;/m1./s1. The van der Waals surface area contributed by atoms with Crippen molar-refractivity contribution < 1.29 is 48.5 Å². The molecule has 2 atom stereocenters. The van der Waals surface area contributed by atoms with Crippen LogP contribution in [-0.2, 0) is 13.6 Å². The van der Waals surface area contributed by atoms with Crippen LogP contribution in [0.2, 0.25) is 0 Å². The molecule has 0 radical (unpaired) electrons. The summed E-state index contributed by atoms with van der Waals surface area (Å²) >= 11 is 0. The van der Waals surface area contributed by atoms with Crippen LogP contribution in [0, 0.1) is 0 Å². The van der Waals surface area contributed by atoms with Crippen molar-refractivity contribution in [1.29, 1.82) is 0 Å². The highest BCUT2D eigenvalue weighted by atomic mass is 31.2. The van der Waals surface area contributed by atoms with Gasteiger partial charge in [0.05, 0.1) is 47.6 Å². The van der Waals surface area contributed by atoms with E-state index in [-0.39, 0.29) is 19.8 Å². The number of phosphoric ester groups is 1. The molecule has 1 unspecified atom stereocenters. The van der Waals surface area contributed by atoms with Crippen molar-refractivity contribution in [2.45, 2.75) is 12.2 Å². The molecule has 0 aliphatic rings. The van der Waals surface area contributed by atoms with Gasteiger partial charge in [-0.05, 0) is 0 Å². The maximum atomic E-state index is 11.2. The van der Waals surface area contributed by atoms with Gasteiger partial charge in [-0.1, -0.05) is 0 Å². The van der Waals surface area contributed by atoms with Crippen molar-refractivity contribution in [2.24, 2.45) is 0 Å². The molecule has 10 nitrogen and oxygen atoms in total. The molecule has 0 aromatic carbocycles. The van der Waals surface area contributed by atoms with Crippen LogP contribution in [0.3, 0.4) is 0 Å². The zero-order valence-corrected chi connectivity index (χ0v) is 14.1. The van der Waals surface area contributed by atoms with Gasteiger partial charge in [0.25, 0.3) is 0 Å². The molecule has 0 aliphatic carbocycles. The van der Waals surface area contributed by atoms with E-state index in [9.17, 15) is 4.57 Å². The third-order valence-corrected chi connectivity index (χ3v) is 3.06. The first-order valence-electron chi connectivity index (χ1n) is 6.58.